The summed E-state index contributed by atoms with van der Waals surface area (Å²) in [6.45, 7) is 7.86. The van der Waals surface area contributed by atoms with E-state index in [-0.39, 0.29) is 27.4 Å². The van der Waals surface area contributed by atoms with Crippen molar-refractivity contribution in [2.45, 2.75) is 48.8 Å². The Morgan fingerprint density at radius 1 is 1.08 bits per heavy atom. The zero-order chi connectivity index (χ0) is 9.94. The van der Waals surface area contributed by atoms with Crippen LogP contribution in [0.4, 0.5) is 0 Å². The second kappa shape index (κ2) is 10.8. The van der Waals surface area contributed by atoms with E-state index in [0.717, 1.165) is 13.2 Å². The topological polar surface area (TPSA) is 18.5 Å². The molecule has 0 aliphatic heterocycles. The van der Waals surface area contributed by atoms with Gasteiger partial charge in [-0.1, -0.05) is 0 Å². The summed E-state index contributed by atoms with van der Waals surface area (Å²) in [4.78, 5) is 0. The predicted molar refractivity (Wildman–Crippen MR) is 57.3 cm³/mol. The third-order valence-corrected chi connectivity index (χ3v) is 5.52. The standard InChI is InChI=1S/C6H13O2.C4H9.Sn/c1-4-7-6(3)8-5-2;1-3-4-2;/h6H,3-5H2,1-2H3;1,3-4H2,2H3;. The average Bonchev–Trinajstić information content (AvgIpc) is 2.13. The van der Waals surface area contributed by atoms with E-state index in [1.54, 1.807) is 0 Å². The summed E-state index contributed by atoms with van der Waals surface area (Å²) in [5, 5.41) is 0. The van der Waals surface area contributed by atoms with Crippen molar-refractivity contribution in [3.05, 3.63) is 0 Å². The SMILES string of the molecule is CCC[CH2][Sn][CH2]C(OCC)OCC. The molecule has 2 radical (unpaired) electrons. The molecule has 0 N–H and O–H groups in total. The van der Waals surface area contributed by atoms with Crippen LogP contribution >= 0.6 is 0 Å². The van der Waals surface area contributed by atoms with Gasteiger partial charge < -0.3 is 0 Å². The number of ether oxygens (including phenoxy) is 2. The summed E-state index contributed by atoms with van der Waals surface area (Å²) in [7, 11) is 0. The monoisotopic (exact) mass is 294 g/mol. The number of hydrogen-bond acceptors (Lipinski definition) is 2. The third-order valence-electron chi connectivity index (χ3n) is 1.72. The van der Waals surface area contributed by atoms with E-state index in [0.29, 0.717) is 0 Å². The fourth-order valence-corrected chi connectivity index (χ4v) is 4.71. The van der Waals surface area contributed by atoms with Gasteiger partial charge >= 0.3 is 92.6 Å². The van der Waals surface area contributed by atoms with Gasteiger partial charge in [0.15, 0.2) is 0 Å². The van der Waals surface area contributed by atoms with Crippen LogP contribution in [0.3, 0.4) is 0 Å². The molecule has 0 aromatic rings. The normalized spacial score (nSPS) is 11.1. The second-order valence-corrected chi connectivity index (χ2v) is 6.92. The molecular weight excluding hydrogens is 271 g/mol. The summed E-state index contributed by atoms with van der Waals surface area (Å²) in [5.41, 5.74) is 0. The van der Waals surface area contributed by atoms with E-state index in [1.807, 2.05) is 13.8 Å². The molecule has 0 amide bonds. The van der Waals surface area contributed by atoms with Gasteiger partial charge in [-0.05, 0) is 0 Å². The van der Waals surface area contributed by atoms with E-state index in [2.05, 4.69) is 6.92 Å². The Morgan fingerprint density at radius 2 is 1.69 bits per heavy atom. The Bertz CT molecular complexity index is 92.9. The van der Waals surface area contributed by atoms with Crippen LogP contribution in [-0.4, -0.2) is 40.6 Å². The first-order chi connectivity index (χ1) is 6.35. The first kappa shape index (κ1) is 13.7. The zero-order valence-electron chi connectivity index (χ0n) is 9.14. The first-order valence-corrected chi connectivity index (χ1v) is 9.32. The van der Waals surface area contributed by atoms with Crippen LogP contribution in [0.1, 0.15) is 33.6 Å². The maximum atomic E-state index is 5.48. The molecule has 0 saturated carbocycles. The Hall–Kier alpha value is 0.719. The molecular formula is C10H22O2Sn. The minimum absolute atomic E-state index is 0.110. The van der Waals surface area contributed by atoms with Gasteiger partial charge in [0.05, 0.1) is 0 Å². The molecule has 2 nitrogen and oxygen atoms in total. The Kier molecular flexibility index (Phi) is 11.4. The summed E-state index contributed by atoms with van der Waals surface area (Å²) in [6, 6.07) is 0. The molecule has 3 heteroatoms. The van der Waals surface area contributed by atoms with Crippen LogP contribution in [0.25, 0.3) is 0 Å². The first-order valence-electron chi connectivity index (χ1n) is 5.29. The van der Waals surface area contributed by atoms with Gasteiger partial charge in [0.25, 0.3) is 0 Å². The van der Waals surface area contributed by atoms with Crippen molar-refractivity contribution in [2.75, 3.05) is 13.2 Å². The quantitative estimate of drug-likeness (QED) is 0.370. The number of unbranched alkanes of at least 4 members (excludes halogenated alkanes) is 1. The van der Waals surface area contributed by atoms with Gasteiger partial charge in [-0.15, -0.1) is 0 Å². The fraction of sp³-hybridized carbons (Fsp3) is 1.00. The molecule has 0 spiro atoms. The van der Waals surface area contributed by atoms with Crippen LogP contribution in [0.5, 0.6) is 0 Å². The summed E-state index contributed by atoms with van der Waals surface area (Å²) in [5.74, 6) is 0. The molecule has 0 aromatic carbocycles. The molecule has 0 fully saturated rings. The molecule has 0 rings (SSSR count). The molecule has 0 aromatic heterocycles. The minimum atomic E-state index is -0.197. The molecule has 0 saturated heterocycles. The van der Waals surface area contributed by atoms with Crippen molar-refractivity contribution >= 4 is 21.1 Å². The number of hydrogen-bond donors (Lipinski definition) is 0. The van der Waals surface area contributed by atoms with Gasteiger partial charge in [0.1, 0.15) is 0 Å². The molecule has 0 aliphatic rings. The average molecular weight is 293 g/mol. The van der Waals surface area contributed by atoms with Gasteiger partial charge in [0, 0.05) is 0 Å². The summed E-state index contributed by atoms with van der Waals surface area (Å²) >= 11 is -0.197. The van der Waals surface area contributed by atoms with Crippen LogP contribution in [0.2, 0.25) is 8.87 Å². The van der Waals surface area contributed by atoms with E-state index < -0.39 is 0 Å². The molecule has 13 heavy (non-hydrogen) atoms. The van der Waals surface area contributed by atoms with E-state index >= 15 is 0 Å². The molecule has 0 heterocycles. The Balaban J connectivity index is 3.33. The van der Waals surface area contributed by atoms with Gasteiger partial charge in [0.2, 0.25) is 0 Å². The Morgan fingerprint density at radius 3 is 2.15 bits per heavy atom. The van der Waals surface area contributed by atoms with Crippen molar-refractivity contribution in [3.63, 3.8) is 0 Å². The Labute approximate surface area is 92.6 Å². The van der Waals surface area contributed by atoms with Crippen molar-refractivity contribution in [1.29, 1.82) is 0 Å². The van der Waals surface area contributed by atoms with E-state index in [9.17, 15) is 0 Å². The molecule has 0 atom stereocenters. The third kappa shape index (κ3) is 9.03. The summed E-state index contributed by atoms with van der Waals surface area (Å²) in [6.07, 6.45) is 2.84. The maximum absolute atomic E-state index is 5.48. The van der Waals surface area contributed by atoms with Crippen LogP contribution in [0.15, 0.2) is 0 Å². The van der Waals surface area contributed by atoms with Crippen LogP contribution < -0.4 is 0 Å². The van der Waals surface area contributed by atoms with E-state index in [4.69, 9.17) is 9.47 Å². The van der Waals surface area contributed by atoms with Gasteiger partial charge in [-0.3, -0.25) is 0 Å². The summed E-state index contributed by atoms with van der Waals surface area (Å²) < 4.78 is 13.6. The zero-order valence-corrected chi connectivity index (χ0v) is 12.0. The molecule has 0 unspecified atom stereocenters. The van der Waals surface area contributed by atoms with Crippen LogP contribution in [0, 0.1) is 0 Å². The van der Waals surface area contributed by atoms with Gasteiger partial charge in [-0.2, -0.15) is 0 Å². The predicted octanol–water partition coefficient (Wildman–Crippen LogP) is 2.73. The van der Waals surface area contributed by atoms with E-state index in [1.165, 1.54) is 21.7 Å². The number of rotatable bonds is 9. The van der Waals surface area contributed by atoms with Gasteiger partial charge in [-0.25, -0.2) is 0 Å². The van der Waals surface area contributed by atoms with Crippen molar-refractivity contribution in [2.24, 2.45) is 0 Å². The molecule has 0 bridgehead atoms. The molecule has 0 aliphatic carbocycles. The molecule has 78 valence electrons. The fourth-order valence-electron chi connectivity index (χ4n) is 1.06. The van der Waals surface area contributed by atoms with Crippen LogP contribution in [-0.2, 0) is 9.47 Å². The second-order valence-electron chi connectivity index (χ2n) is 2.90. The van der Waals surface area contributed by atoms with Crippen molar-refractivity contribution in [1.82, 2.24) is 0 Å². The van der Waals surface area contributed by atoms with Crippen molar-refractivity contribution in [3.8, 4) is 0 Å². The van der Waals surface area contributed by atoms with Crippen molar-refractivity contribution < 1.29 is 9.47 Å².